The second-order valence-corrected chi connectivity index (χ2v) is 6.95. The van der Waals surface area contributed by atoms with Gasteiger partial charge in [0.05, 0.1) is 0 Å². The Hall–Kier alpha value is -1.92. The highest BCUT2D eigenvalue weighted by Crippen LogP contribution is 2.45. The molecule has 1 aliphatic carbocycles. The van der Waals surface area contributed by atoms with Crippen LogP contribution in [-0.2, 0) is 16.0 Å². The van der Waals surface area contributed by atoms with Gasteiger partial charge < -0.3 is 14.3 Å². The van der Waals surface area contributed by atoms with Gasteiger partial charge in [0.2, 0.25) is 17.7 Å². The quantitative estimate of drug-likeness (QED) is 0.836. The second kappa shape index (κ2) is 5.62. The van der Waals surface area contributed by atoms with Gasteiger partial charge in [0.25, 0.3) is 0 Å². The van der Waals surface area contributed by atoms with Gasteiger partial charge in [0.1, 0.15) is 12.5 Å². The monoisotopic (exact) mass is 320 g/mol. The van der Waals surface area contributed by atoms with E-state index in [1.165, 1.54) is 0 Å². The van der Waals surface area contributed by atoms with Crippen molar-refractivity contribution in [2.24, 2.45) is 5.92 Å². The normalized spacial score (nSPS) is 34.0. The van der Waals surface area contributed by atoms with E-state index in [4.69, 9.17) is 4.52 Å². The fourth-order valence-corrected chi connectivity index (χ4v) is 3.36. The van der Waals surface area contributed by atoms with E-state index in [0.29, 0.717) is 23.6 Å². The Balaban J connectivity index is 1.71. The van der Waals surface area contributed by atoms with E-state index in [1.54, 1.807) is 23.8 Å². The minimum atomic E-state index is -0.468. The summed E-state index contributed by atoms with van der Waals surface area (Å²) in [5.41, 5.74) is 0. The van der Waals surface area contributed by atoms with Gasteiger partial charge in [0, 0.05) is 25.0 Å². The summed E-state index contributed by atoms with van der Waals surface area (Å²) in [4.78, 5) is 32.6. The topological polar surface area (TPSA) is 79.5 Å². The molecule has 3 rings (SSSR count). The third kappa shape index (κ3) is 2.72. The zero-order valence-electron chi connectivity index (χ0n) is 14.3. The molecule has 1 aromatic heterocycles. The minimum absolute atomic E-state index is 0.0202. The van der Waals surface area contributed by atoms with E-state index in [0.717, 1.165) is 6.42 Å². The van der Waals surface area contributed by atoms with Gasteiger partial charge in [-0.15, -0.1) is 0 Å². The molecule has 5 unspecified atom stereocenters. The number of piperazine rings is 1. The number of hydrogen-bond acceptors (Lipinski definition) is 5. The van der Waals surface area contributed by atoms with E-state index < -0.39 is 6.04 Å². The molecule has 2 amide bonds. The van der Waals surface area contributed by atoms with Crippen molar-refractivity contribution in [3.8, 4) is 0 Å². The van der Waals surface area contributed by atoms with Gasteiger partial charge in [-0.2, -0.15) is 4.98 Å². The number of hydrogen-bond donors (Lipinski definition) is 0. The van der Waals surface area contributed by atoms with E-state index in [9.17, 15) is 9.59 Å². The molecule has 0 N–H and O–H groups in total. The van der Waals surface area contributed by atoms with Crippen LogP contribution in [0.5, 0.6) is 0 Å². The van der Waals surface area contributed by atoms with Crippen molar-refractivity contribution in [2.45, 2.75) is 64.6 Å². The third-order valence-electron chi connectivity index (χ3n) is 5.39. The Morgan fingerprint density at radius 1 is 1.26 bits per heavy atom. The molecule has 1 aromatic rings. The third-order valence-corrected chi connectivity index (χ3v) is 5.39. The lowest BCUT2D eigenvalue weighted by Crippen LogP contribution is -2.64. The standard InChI is InChI=1S/C16H24N4O3/c1-8-6-12(8)15-17-13(23-18-15)7-14(21)20-10(3)9(2)19(5)16(22)11(20)4/h8-12H,6-7H2,1-5H3. The van der Waals surface area contributed by atoms with Crippen molar-refractivity contribution in [2.75, 3.05) is 7.05 Å². The van der Waals surface area contributed by atoms with Crippen LogP contribution in [0, 0.1) is 5.92 Å². The highest BCUT2D eigenvalue weighted by Gasteiger charge is 2.42. The van der Waals surface area contributed by atoms with Gasteiger partial charge in [-0.05, 0) is 33.1 Å². The van der Waals surface area contributed by atoms with Crippen molar-refractivity contribution in [3.63, 3.8) is 0 Å². The van der Waals surface area contributed by atoms with E-state index in [1.807, 2.05) is 13.8 Å². The van der Waals surface area contributed by atoms with Crippen LogP contribution in [0.15, 0.2) is 4.52 Å². The maximum atomic E-state index is 12.7. The number of aromatic nitrogens is 2. The van der Waals surface area contributed by atoms with Crippen molar-refractivity contribution in [1.82, 2.24) is 19.9 Å². The van der Waals surface area contributed by atoms with Gasteiger partial charge in [-0.1, -0.05) is 12.1 Å². The molecule has 2 heterocycles. The first-order valence-electron chi connectivity index (χ1n) is 8.21. The minimum Gasteiger partial charge on any atom is -0.339 e. The van der Waals surface area contributed by atoms with Crippen LogP contribution in [0.25, 0.3) is 0 Å². The van der Waals surface area contributed by atoms with Crippen molar-refractivity contribution in [1.29, 1.82) is 0 Å². The number of carbonyl (C=O) groups is 2. The van der Waals surface area contributed by atoms with Crippen LogP contribution in [0.2, 0.25) is 0 Å². The fraction of sp³-hybridized carbons (Fsp3) is 0.750. The molecule has 1 aliphatic heterocycles. The Morgan fingerprint density at radius 2 is 1.91 bits per heavy atom. The zero-order chi connectivity index (χ0) is 16.9. The van der Waals surface area contributed by atoms with Gasteiger partial charge >= 0.3 is 0 Å². The molecule has 7 nitrogen and oxygen atoms in total. The molecule has 23 heavy (non-hydrogen) atoms. The largest absolute Gasteiger partial charge is 0.339 e. The molecular weight excluding hydrogens is 296 g/mol. The lowest BCUT2D eigenvalue weighted by atomic mass is 10.00. The first-order valence-corrected chi connectivity index (χ1v) is 8.21. The van der Waals surface area contributed by atoms with Crippen LogP contribution in [0.3, 0.4) is 0 Å². The maximum absolute atomic E-state index is 12.7. The van der Waals surface area contributed by atoms with Crippen molar-refractivity contribution < 1.29 is 14.1 Å². The first kappa shape index (κ1) is 16.0. The molecular formula is C16H24N4O3. The summed E-state index contributed by atoms with van der Waals surface area (Å²) in [5.74, 6) is 1.81. The van der Waals surface area contributed by atoms with Crippen LogP contribution in [0.1, 0.15) is 51.7 Å². The van der Waals surface area contributed by atoms with Crippen LogP contribution in [-0.4, -0.2) is 56.9 Å². The van der Waals surface area contributed by atoms with Crippen LogP contribution >= 0.6 is 0 Å². The molecule has 1 saturated heterocycles. The van der Waals surface area contributed by atoms with Gasteiger partial charge in [-0.3, -0.25) is 9.59 Å². The summed E-state index contributed by atoms with van der Waals surface area (Å²) in [7, 11) is 1.78. The number of likely N-dealkylation sites (N-methyl/N-ethyl adjacent to an activating group) is 1. The summed E-state index contributed by atoms with van der Waals surface area (Å²) in [6.45, 7) is 7.83. The summed E-state index contributed by atoms with van der Waals surface area (Å²) in [6, 6.07) is -0.538. The Labute approximate surface area is 136 Å². The predicted molar refractivity (Wildman–Crippen MR) is 82.5 cm³/mol. The summed E-state index contributed by atoms with van der Waals surface area (Å²) in [6.07, 6.45) is 1.12. The highest BCUT2D eigenvalue weighted by atomic mass is 16.5. The average molecular weight is 320 g/mol. The number of rotatable bonds is 3. The molecule has 0 spiro atoms. The zero-order valence-corrected chi connectivity index (χ0v) is 14.3. The lowest BCUT2D eigenvalue weighted by Gasteiger charge is -2.46. The van der Waals surface area contributed by atoms with E-state index in [2.05, 4.69) is 17.1 Å². The molecule has 1 saturated carbocycles. The smallest absolute Gasteiger partial charge is 0.245 e. The Morgan fingerprint density at radius 3 is 2.52 bits per heavy atom. The molecule has 5 atom stereocenters. The first-order chi connectivity index (χ1) is 10.8. The van der Waals surface area contributed by atoms with Crippen LogP contribution < -0.4 is 0 Å². The number of carbonyl (C=O) groups excluding carboxylic acids is 2. The highest BCUT2D eigenvalue weighted by molar-refractivity contribution is 5.89. The molecule has 7 heteroatoms. The summed E-state index contributed by atoms with van der Waals surface area (Å²) < 4.78 is 5.22. The van der Waals surface area contributed by atoms with Gasteiger partial charge in [0.15, 0.2) is 5.82 Å². The molecule has 0 bridgehead atoms. The molecule has 2 aliphatic rings. The number of nitrogens with zero attached hydrogens (tertiary/aromatic N) is 4. The molecule has 126 valence electrons. The average Bonchev–Trinajstić information content (AvgIpc) is 3.05. The fourth-order valence-electron chi connectivity index (χ4n) is 3.36. The van der Waals surface area contributed by atoms with Crippen molar-refractivity contribution >= 4 is 11.8 Å². The van der Waals surface area contributed by atoms with Crippen LogP contribution in [0.4, 0.5) is 0 Å². The lowest BCUT2D eigenvalue weighted by molar-refractivity contribution is -0.156. The SMILES string of the molecule is CC1CC1c1noc(CC(=O)N2C(C)C(=O)N(C)C(C)C2C)n1. The van der Waals surface area contributed by atoms with E-state index >= 15 is 0 Å². The van der Waals surface area contributed by atoms with Gasteiger partial charge in [-0.25, -0.2) is 0 Å². The Bertz CT molecular complexity index is 629. The summed E-state index contributed by atoms with van der Waals surface area (Å²) >= 11 is 0. The number of amides is 2. The molecule has 0 radical (unpaired) electrons. The maximum Gasteiger partial charge on any atom is 0.245 e. The molecule has 0 aromatic carbocycles. The molecule has 2 fully saturated rings. The van der Waals surface area contributed by atoms with E-state index in [-0.39, 0.29) is 30.3 Å². The predicted octanol–water partition coefficient (Wildman–Crippen LogP) is 1.20. The van der Waals surface area contributed by atoms with Crippen molar-refractivity contribution in [3.05, 3.63) is 11.7 Å². The Kier molecular flexibility index (Phi) is 3.90. The second-order valence-electron chi connectivity index (χ2n) is 6.95. The summed E-state index contributed by atoms with van der Waals surface area (Å²) in [5, 5.41) is 3.97.